The smallest absolute Gasteiger partial charge is 0.335 e. The first-order valence-corrected chi connectivity index (χ1v) is 3.96. The molecule has 0 spiro atoms. The maximum Gasteiger partial charge on any atom is 0.335 e. The van der Waals surface area contributed by atoms with Crippen LogP contribution in [-0.2, 0) is 5.12 Å². The molecule has 13 heavy (non-hydrogen) atoms. The Hall–Kier alpha value is -1.42. The van der Waals surface area contributed by atoms with Crippen LogP contribution in [0.1, 0.15) is 15.9 Å². The highest BCUT2D eigenvalue weighted by Gasteiger charge is 2.39. The number of hydrogen-bond acceptors (Lipinski definition) is 3. The maximum atomic E-state index is 10.5. The molecule has 1 heterocycles. The van der Waals surface area contributed by atoms with E-state index in [0.29, 0.717) is 5.56 Å². The molecule has 0 atom stereocenters. The SMILES string of the molecule is O=C(O)c1ccc(C2(Cl)N=N2)cc1. The van der Waals surface area contributed by atoms with Crippen molar-refractivity contribution in [1.29, 1.82) is 0 Å². The van der Waals surface area contributed by atoms with Crippen molar-refractivity contribution in [3.05, 3.63) is 35.4 Å². The molecular formula is C8H5ClN2O2. The van der Waals surface area contributed by atoms with Crippen LogP contribution in [0.15, 0.2) is 34.5 Å². The van der Waals surface area contributed by atoms with Crippen LogP contribution in [0, 0.1) is 0 Å². The van der Waals surface area contributed by atoms with Gasteiger partial charge < -0.3 is 5.11 Å². The fourth-order valence-corrected chi connectivity index (χ4v) is 1.15. The van der Waals surface area contributed by atoms with Crippen LogP contribution in [0.4, 0.5) is 0 Å². The Kier molecular flexibility index (Phi) is 1.60. The molecule has 5 heteroatoms. The van der Waals surface area contributed by atoms with Gasteiger partial charge in [-0.3, -0.25) is 0 Å². The highest BCUT2D eigenvalue weighted by Crippen LogP contribution is 2.43. The number of hydrogen-bond donors (Lipinski definition) is 1. The summed E-state index contributed by atoms with van der Waals surface area (Å²) in [5.41, 5.74) is 0.920. The molecule has 0 amide bonds. The zero-order valence-corrected chi connectivity index (χ0v) is 7.19. The van der Waals surface area contributed by atoms with Crippen molar-refractivity contribution < 1.29 is 9.90 Å². The van der Waals surface area contributed by atoms with Crippen molar-refractivity contribution in [3.8, 4) is 0 Å². The Morgan fingerprint density at radius 3 is 2.23 bits per heavy atom. The van der Waals surface area contributed by atoms with Crippen LogP contribution >= 0.6 is 11.6 Å². The third kappa shape index (κ3) is 1.40. The zero-order chi connectivity index (χ0) is 9.47. The number of benzene rings is 1. The lowest BCUT2D eigenvalue weighted by Gasteiger charge is -2.01. The van der Waals surface area contributed by atoms with E-state index < -0.39 is 11.1 Å². The molecule has 0 radical (unpaired) electrons. The van der Waals surface area contributed by atoms with Crippen molar-refractivity contribution in [2.75, 3.05) is 0 Å². The predicted molar refractivity (Wildman–Crippen MR) is 45.8 cm³/mol. The number of nitrogens with zero attached hydrogens (tertiary/aromatic N) is 2. The van der Waals surface area contributed by atoms with Gasteiger partial charge in [-0.2, -0.15) is 0 Å². The summed E-state index contributed by atoms with van der Waals surface area (Å²) in [6, 6.07) is 6.17. The van der Waals surface area contributed by atoms with E-state index in [1.165, 1.54) is 12.1 Å². The van der Waals surface area contributed by atoms with Gasteiger partial charge in [0.2, 0.25) is 0 Å². The first-order valence-electron chi connectivity index (χ1n) is 3.59. The molecule has 1 aromatic carbocycles. The van der Waals surface area contributed by atoms with Crippen LogP contribution in [0.25, 0.3) is 0 Å². The van der Waals surface area contributed by atoms with Crippen LogP contribution in [0.3, 0.4) is 0 Å². The van der Waals surface area contributed by atoms with E-state index in [-0.39, 0.29) is 5.56 Å². The van der Waals surface area contributed by atoms with Gasteiger partial charge >= 0.3 is 5.97 Å². The second-order valence-corrected chi connectivity index (χ2v) is 3.20. The fraction of sp³-hybridized carbons (Fsp3) is 0.125. The minimum Gasteiger partial charge on any atom is -0.478 e. The third-order valence-electron chi connectivity index (χ3n) is 1.77. The van der Waals surface area contributed by atoms with Crippen molar-refractivity contribution in [2.45, 2.75) is 5.12 Å². The summed E-state index contributed by atoms with van der Waals surface area (Å²) in [5, 5.41) is 14.9. The topological polar surface area (TPSA) is 62.0 Å². The number of alkyl halides is 1. The molecule has 0 bridgehead atoms. The Bertz CT molecular complexity index is 380. The first-order chi connectivity index (χ1) is 6.12. The molecule has 66 valence electrons. The summed E-state index contributed by atoms with van der Waals surface area (Å²) in [4.78, 5) is 10.5. The lowest BCUT2D eigenvalue weighted by Crippen LogP contribution is -2.00. The average molecular weight is 197 g/mol. The Balaban J connectivity index is 2.29. The molecule has 1 aliphatic heterocycles. The van der Waals surface area contributed by atoms with Gasteiger partial charge in [0.05, 0.1) is 5.56 Å². The van der Waals surface area contributed by atoms with Gasteiger partial charge in [0.1, 0.15) is 0 Å². The van der Waals surface area contributed by atoms with Crippen molar-refractivity contribution in [3.63, 3.8) is 0 Å². The normalized spacial score (nSPS) is 17.0. The number of halogens is 1. The van der Waals surface area contributed by atoms with Gasteiger partial charge in [0.15, 0.2) is 0 Å². The van der Waals surface area contributed by atoms with Crippen LogP contribution < -0.4 is 0 Å². The standard InChI is InChI=1S/C8H5ClN2O2/c9-8(10-11-8)6-3-1-5(2-4-6)7(12)13/h1-4H,(H,12,13). The Morgan fingerprint density at radius 1 is 1.31 bits per heavy atom. The number of aromatic carboxylic acids is 1. The van der Waals surface area contributed by atoms with Gasteiger partial charge in [-0.1, -0.05) is 23.7 Å². The van der Waals surface area contributed by atoms with Gasteiger partial charge in [-0.25, -0.2) is 4.79 Å². The summed E-state index contributed by atoms with van der Waals surface area (Å²) in [5.74, 6) is -0.958. The molecule has 0 unspecified atom stereocenters. The second kappa shape index (κ2) is 2.53. The Labute approximate surface area is 78.9 Å². The van der Waals surface area contributed by atoms with E-state index in [1.807, 2.05) is 0 Å². The maximum absolute atomic E-state index is 10.5. The molecule has 2 rings (SSSR count). The zero-order valence-electron chi connectivity index (χ0n) is 6.44. The minimum atomic E-state index is -0.958. The van der Waals surface area contributed by atoms with E-state index in [2.05, 4.69) is 10.2 Å². The lowest BCUT2D eigenvalue weighted by atomic mass is 10.1. The number of rotatable bonds is 2. The van der Waals surface area contributed by atoms with E-state index in [9.17, 15) is 4.79 Å². The molecule has 0 aromatic heterocycles. The quantitative estimate of drug-likeness (QED) is 0.582. The van der Waals surface area contributed by atoms with Crippen molar-refractivity contribution >= 4 is 17.6 Å². The molecule has 0 saturated heterocycles. The number of carboxylic acid groups (broad SMARTS) is 1. The van der Waals surface area contributed by atoms with Crippen molar-refractivity contribution in [1.82, 2.24) is 0 Å². The number of carbonyl (C=O) groups is 1. The van der Waals surface area contributed by atoms with Crippen LogP contribution in [-0.4, -0.2) is 11.1 Å². The molecule has 1 N–H and O–H groups in total. The molecule has 0 aliphatic carbocycles. The predicted octanol–water partition coefficient (Wildman–Crippen LogP) is 2.20. The monoisotopic (exact) mass is 196 g/mol. The van der Waals surface area contributed by atoms with Crippen molar-refractivity contribution in [2.24, 2.45) is 10.2 Å². The number of carboxylic acids is 1. The molecular weight excluding hydrogens is 192 g/mol. The van der Waals surface area contributed by atoms with Gasteiger partial charge in [0, 0.05) is 5.56 Å². The van der Waals surface area contributed by atoms with Gasteiger partial charge in [0.25, 0.3) is 5.12 Å². The van der Waals surface area contributed by atoms with E-state index in [4.69, 9.17) is 16.7 Å². The molecule has 0 saturated carbocycles. The fourth-order valence-electron chi connectivity index (χ4n) is 0.984. The van der Waals surface area contributed by atoms with E-state index in [0.717, 1.165) is 0 Å². The lowest BCUT2D eigenvalue weighted by molar-refractivity contribution is 0.0697. The summed E-state index contributed by atoms with van der Waals surface area (Å²) < 4.78 is 0. The second-order valence-electron chi connectivity index (χ2n) is 2.67. The van der Waals surface area contributed by atoms with Gasteiger partial charge in [-0.15, -0.1) is 10.2 Å². The van der Waals surface area contributed by atoms with Gasteiger partial charge in [-0.05, 0) is 12.1 Å². The molecule has 1 aromatic rings. The minimum absolute atomic E-state index is 0.227. The van der Waals surface area contributed by atoms with E-state index in [1.54, 1.807) is 12.1 Å². The highest BCUT2D eigenvalue weighted by molar-refractivity contribution is 6.24. The summed E-state index contributed by atoms with van der Waals surface area (Å²) in [7, 11) is 0. The first kappa shape index (κ1) is 8.19. The molecule has 4 nitrogen and oxygen atoms in total. The van der Waals surface area contributed by atoms with Crippen LogP contribution in [0.5, 0.6) is 0 Å². The average Bonchev–Trinajstić information content (AvgIpc) is 2.85. The molecule has 0 fully saturated rings. The highest BCUT2D eigenvalue weighted by atomic mass is 35.5. The summed E-state index contributed by atoms with van der Waals surface area (Å²) in [6.07, 6.45) is 0. The van der Waals surface area contributed by atoms with Crippen LogP contribution in [0.2, 0.25) is 0 Å². The third-order valence-corrected chi connectivity index (χ3v) is 2.14. The Morgan fingerprint density at radius 2 is 1.85 bits per heavy atom. The summed E-state index contributed by atoms with van der Waals surface area (Å²) >= 11 is 5.82. The molecule has 1 aliphatic rings. The van der Waals surface area contributed by atoms with E-state index >= 15 is 0 Å². The largest absolute Gasteiger partial charge is 0.478 e. The summed E-state index contributed by atoms with van der Waals surface area (Å²) in [6.45, 7) is 0.